The summed E-state index contributed by atoms with van der Waals surface area (Å²) in [4.78, 5) is 12.0. The van der Waals surface area contributed by atoms with Crippen molar-refractivity contribution in [3.8, 4) is 11.5 Å². The lowest BCUT2D eigenvalue weighted by molar-refractivity contribution is -0.115. The van der Waals surface area contributed by atoms with E-state index < -0.39 is 0 Å². The van der Waals surface area contributed by atoms with Crippen molar-refractivity contribution < 1.29 is 14.3 Å². The lowest BCUT2D eigenvalue weighted by Gasteiger charge is -2.07. The molecule has 2 aromatic carbocycles. The third-order valence-electron chi connectivity index (χ3n) is 2.89. The van der Waals surface area contributed by atoms with Crippen molar-refractivity contribution >= 4 is 11.6 Å². The molecule has 4 nitrogen and oxygen atoms in total. The number of anilines is 1. The number of amides is 1. The van der Waals surface area contributed by atoms with Crippen LogP contribution < -0.4 is 14.8 Å². The first-order chi connectivity index (χ1) is 9.33. The molecule has 0 fully saturated rings. The number of carbonyl (C=O) groups excluding carboxylic acids is 1. The maximum absolute atomic E-state index is 12.0. The molecular formula is C15H13NO3. The Bertz CT molecular complexity index is 596. The third-order valence-corrected chi connectivity index (χ3v) is 2.89. The molecule has 0 radical (unpaired) electrons. The number of ether oxygens (including phenoxy) is 2. The van der Waals surface area contributed by atoms with E-state index in [0.717, 1.165) is 11.3 Å². The fraction of sp³-hybridized carbons (Fsp3) is 0.133. The fourth-order valence-corrected chi connectivity index (χ4v) is 2.03. The number of para-hydroxylation sites is 2. The first kappa shape index (κ1) is 11.6. The van der Waals surface area contributed by atoms with Crippen LogP contribution in [-0.4, -0.2) is 12.7 Å². The van der Waals surface area contributed by atoms with Crippen molar-refractivity contribution in [2.45, 2.75) is 6.42 Å². The summed E-state index contributed by atoms with van der Waals surface area (Å²) in [6.45, 7) is 0.215. The van der Waals surface area contributed by atoms with Crippen LogP contribution in [0.1, 0.15) is 5.56 Å². The summed E-state index contributed by atoms with van der Waals surface area (Å²) in [5.41, 5.74) is 1.63. The molecule has 4 heteroatoms. The number of benzene rings is 2. The summed E-state index contributed by atoms with van der Waals surface area (Å²) < 4.78 is 10.7. The standard InChI is InChI=1S/C15H13NO3/c17-14(16-12-6-2-1-3-7-12)9-11-5-4-8-13-15(11)19-10-18-13/h1-8H,9-10H2,(H,16,17). The molecule has 3 rings (SSSR count). The molecule has 2 aromatic rings. The van der Waals surface area contributed by atoms with Crippen LogP contribution in [0.2, 0.25) is 0 Å². The normalized spacial score (nSPS) is 12.2. The van der Waals surface area contributed by atoms with Gasteiger partial charge in [-0.25, -0.2) is 0 Å². The molecule has 0 aromatic heterocycles. The molecule has 1 aliphatic heterocycles. The Morgan fingerprint density at radius 3 is 2.74 bits per heavy atom. The number of carbonyl (C=O) groups is 1. The Morgan fingerprint density at radius 2 is 1.89 bits per heavy atom. The molecule has 0 aliphatic carbocycles. The van der Waals surface area contributed by atoms with E-state index in [1.54, 1.807) is 0 Å². The van der Waals surface area contributed by atoms with Gasteiger partial charge in [0.1, 0.15) is 0 Å². The van der Waals surface area contributed by atoms with Crippen molar-refractivity contribution in [2.24, 2.45) is 0 Å². The summed E-state index contributed by atoms with van der Waals surface area (Å²) in [5.74, 6) is 1.30. The summed E-state index contributed by atoms with van der Waals surface area (Å²) in [6.07, 6.45) is 0.265. The molecule has 1 N–H and O–H groups in total. The zero-order valence-corrected chi connectivity index (χ0v) is 10.3. The van der Waals surface area contributed by atoms with Gasteiger partial charge in [-0.1, -0.05) is 30.3 Å². The molecule has 0 spiro atoms. The molecule has 1 amide bonds. The van der Waals surface area contributed by atoms with Gasteiger partial charge in [0.25, 0.3) is 0 Å². The van der Waals surface area contributed by atoms with E-state index in [0.29, 0.717) is 11.5 Å². The minimum Gasteiger partial charge on any atom is -0.454 e. The monoisotopic (exact) mass is 255 g/mol. The van der Waals surface area contributed by atoms with Gasteiger partial charge in [-0.2, -0.15) is 0 Å². The largest absolute Gasteiger partial charge is 0.454 e. The lowest BCUT2D eigenvalue weighted by atomic mass is 10.1. The smallest absolute Gasteiger partial charge is 0.231 e. The molecule has 0 atom stereocenters. The fourth-order valence-electron chi connectivity index (χ4n) is 2.03. The van der Waals surface area contributed by atoms with E-state index in [4.69, 9.17) is 9.47 Å². The first-order valence-electron chi connectivity index (χ1n) is 6.05. The Labute approximate surface area is 111 Å². The third kappa shape index (κ3) is 2.52. The highest BCUT2D eigenvalue weighted by atomic mass is 16.7. The van der Waals surface area contributed by atoms with Crippen molar-refractivity contribution in [3.63, 3.8) is 0 Å². The van der Waals surface area contributed by atoms with Crippen LogP contribution in [-0.2, 0) is 11.2 Å². The van der Waals surface area contributed by atoms with Crippen LogP contribution >= 0.6 is 0 Å². The summed E-state index contributed by atoms with van der Waals surface area (Å²) in [5, 5.41) is 2.85. The number of hydrogen-bond acceptors (Lipinski definition) is 3. The van der Waals surface area contributed by atoms with Crippen LogP contribution in [0, 0.1) is 0 Å². The predicted molar refractivity (Wildman–Crippen MR) is 71.3 cm³/mol. The summed E-state index contributed by atoms with van der Waals surface area (Å²) >= 11 is 0. The second kappa shape index (κ2) is 5.02. The van der Waals surface area contributed by atoms with Gasteiger partial charge in [-0.3, -0.25) is 4.79 Å². The SMILES string of the molecule is O=C(Cc1cccc2c1OCO2)Nc1ccccc1. The Hall–Kier alpha value is -2.49. The molecule has 0 saturated carbocycles. The summed E-state index contributed by atoms with van der Waals surface area (Å²) in [7, 11) is 0. The van der Waals surface area contributed by atoms with Crippen LogP contribution in [0.4, 0.5) is 5.69 Å². The van der Waals surface area contributed by atoms with E-state index in [-0.39, 0.29) is 19.1 Å². The molecule has 1 aliphatic rings. The molecule has 1 heterocycles. The highest BCUT2D eigenvalue weighted by molar-refractivity contribution is 5.92. The highest BCUT2D eigenvalue weighted by Gasteiger charge is 2.18. The Morgan fingerprint density at radius 1 is 1.05 bits per heavy atom. The van der Waals surface area contributed by atoms with Crippen LogP contribution in [0.25, 0.3) is 0 Å². The van der Waals surface area contributed by atoms with E-state index in [2.05, 4.69) is 5.32 Å². The quantitative estimate of drug-likeness (QED) is 0.917. The Kier molecular flexibility index (Phi) is 3.06. The highest BCUT2D eigenvalue weighted by Crippen LogP contribution is 2.35. The molecule has 96 valence electrons. The zero-order valence-electron chi connectivity index (χ0n) is 10.3. The maximum Gasteiger partial charge on any atom is 0.231 e. The van der Waals surface area contributed by atoms with E-state index in [9.17, 15) is 4.79 Å². The minimum atomic E-state index is -0.0740. The van der Waals surface area contributed by atoms with Gasteiger partial charge in [0.2, 0.25) is 12.7 Å². The summed E-state index contributed by atoms with van der Waals surface area (Å²) in [6, 6.07) is 14.9. The van der Waals surface area contributed by atoms with E-state index in [1.807, 2.05) is 48.5 Å². The van der Waals surface area contributed by atoms with Crippen LogP contribution in [0.15, 0.2) is 48.5 Å². The van der Waals surface area contributed by atoms with Gasteiger partial charge in [-0.15, -0.1) is 0 Å². The Balaban J connectivity index is 1.72. The van der Waals surface area contributed by atoms with E-state index >= 15 is 0 Å². The lowest BCUT2D eigenvalue weighted by Crippen LogP contribution is -2.14. The number of nitrogens with one attached hydrogen (secondary N) is 1. The van der Waals surface area contributed by atoms with Crippen LogP contribution in [0.3, 0.4) is 0 Å². The van der Waals surface area contributed by atoms with Gasteiger partial charge in [-0.05, 0) is 18.2 Å². The van der Waals surface area contributed by atoms with E-state index in [1.165, 1.54) is 0 Å². The van der Waals surface area contributed by atoms with Crippen molar-refractivity contribution in [3.05, 3.63) is 54.1 Å². The molecular weight excluding hydrogens is 242 g/mol. The zero-order chi connectivity index (χ0) is 13.1. The second-order valence-corrected chi connectivity index (χ2v) is 4.24. The predicted octanol–water partition coefficient (Wildman–Crippen LogP) is 2.60. The van der Waals surface area contributed by atoms with Gasteiger partial charge in [0.15, 0.2) is 11.5 Å². The van der Waals surface area contributed by atoms with Gasteiger partial charge >= 0.3 is 0 Å². The molecule has 0 unspecified atom stereocenters. The number of hydrogen-bond donors (Lipinski definition) is 1. The number of fused-ring (bicyclic) bond motifs is 1. The average Bonchev–Trinajstić information content (AvgIpc) is 2.89. The van der Waals surface area contributed by atoms with Crippen LogP contribution in [0.5, 0.6) is 11.5 Å². The van der Waals surface area contributed by atoms with Crippen molar-refractivity contribution in [1.29, 1.82) is 0 Å². The van der Waals surface area contributed by atoms with Gasteiger partial charge in [0.05, 0.1) is 6.42 Å². The van der Waals surface area contributed by atoms with Gasteiger partial charge in [0, 0.05) is 11.3 Å². The maximum atomic E-state index is 12.0. The molecule has 0 saturated heterocycles. The molecule has 19 heavy (non-hydrogen) atoms. The van der Waals surface area contributed by atoms with Crippen molar-refractivity contribution in [2.75, 3.05) is 12.1 Å². The second-order valence-electron chi connectivity index (χ2n) is 4.24. The minimum absolute atomic E-state index is 0.0740. The molecule has 0 bridgehead atoms. The van der Waals surface area contributed by atoms with Crippen molar-refractivity contribution in [1.82, 2.24) is 0 Å². The number of rotatable bonds is 3. The topological polar surface area (TPSA) is 47.6 Å². The average molecular weight is 255 g/mol. The first-order valence-corrected chi connectivity index (χ1v) is 6.05. The van der Waals surface area contributed by atoms with Gasteiger partial charge < -0.3 is 14.8 Å².